The van der Waals surface area contributed by atoms with Gasteiger partial charge in [-0.3, -0.25) is 0 Å². The minimum atomic E-state index is -0.365. The minimum Gasteiger partial charge on any atom is -0.486 e. The fourth-order valence-corrected chi connectivity index (χ4v) is 1.84. The first-order valence-electron chi connectivity index (χ1n) is 5.27. The lowest BCUT2D eigenvalue weighted by atomic mass is 10.2. The van der Waals surface area contributed by atoms with Gasteiger partial charge >= 0.3 is 0 Å². The quantitative estimate of drug-likeness (QED) is 0.779. The molecule has 5 heteroatoms. The standard InChI is InChI=1S/C13H10Cl2FNO/c1-8-3-2-4-10(12(8)16)18-7-9-5-6-11(14)17-13(9)15/h2-6H,7H2,1H3. The summed E-state index contributed by atoms with van der Waals surface area (Å²) in [6.45, 7) is 1.82. The topological polar surface area (TPSA) is 22.1 Å². The summed E-state index contributed by atoms with van der Waals surface area (Å²) in [6.07, 6.45) is 0. The molecule has 2 rings (SSSR count). The number of nitrogens with zero attached hydrogens (tertiary/aromatic N) is 1. The van der Waals surface area contributed by atoms with Gasteiger partial charge in [0.2, 0.25) is 0 Å². The van der Waals surface area contributed by atoms with Crippen molar-refractivity contribution in [2.45, 2.75) is 13.5 Å². The number of benzene rings is 1. The van der Waals surface area contributed by atoms with Crippen LogP contribution in [-0.2, 0) is 6.61 Å². The molecular formula is C13H10Cl2FNO. The lowest BCUT2D eigenvalue weighted by Crippen LogP contribution is -2.00. The van der Waals surface area contributed by atoms with Gasteiger partial charge in [0, 0.05) is 5.56 Å². The zero-order valence-corrected chi connectivity index (χ0v) is 11.1. The molecule has 0 aliphatic heterocycles. The first-order chi connectivity index (χ1) is 8.58. The van der Waals surface area contributed by atoms with E-state index in [4.69, 9.17) is 27.9 Å². The number of rotatable bonds is 3. The first kappa shape index (κ1) is 13.1. The molecule has 2 aromatic rings. The molecule has 0 amide bonds. The number of hydrogen-bond donors (Lipinski definition) is 0. The Labute approximate surface area is 114 Å². The molecule has 2 nitrogen and oxygen atoms in total. The zero-order chi connectivity index (χ0) is 13.1. The van der Waals surface area contributed by atoms with E-state index in [1.165, 1.54) is 0 Å². The van der Waals surface area contributed by atoms with Crippen LogP contribution in [0.25, 0.3) is 0 Å². The SMILES string of the molecule is Cc1cccc(OCc2ccc(Cl)nc2Cl)c1F. The Morgan fingerprint density at radius 1 is 1.22 bits per heavy atom. The Morgan fingerprint density at radius 2 is 2.00 bits per heavy atom. The molecule has 0 bridgehead atoms. The van der Waals surface area contributed by atoms with E-state index in [1.807, 2.05) is 0 Å². The van der Waals surface area contributed by atoms with E-state index in [0.29, 0.717) is 16.3 Å². The van der Waals surface area contributed by atoms with Crippen LogP contribution in [-0.4, -0.2) is 4.98 Å². The van der Waals surface area contributed by atoms with E-state index >= 15 is 0 Å². The highest BCUT2D eigenvalue weighted by molar-refractivity contribution is 6.32. The van der Waals surface area contributed by atoms with E-state index in [0.717, 1.165) is 0 Å². The lowest BCUT2D eigenvalue weighted by Gasteiger charge is -2.09. The van der Waals surface area contributed by atoms with Gasteiger partial charge in [0.25, 0.3) is 0 Å². The largest absolute Gasteiger partial charge is 0.486 e. The van der Waals surface area contributed by atoms with Crippen LogP contribution >= 0.6 is 23.2 Å². The third-order valence-corrected chi connectivity index (χ3v) is 2.97. The maximum atomic E-state index is 13.7. The predicted molar refractivity (Wildman–Crippen MR) is 69.7 cm³/mol. The van der Waals surface area contributed by atoms with Crippen molar-refractivity contribution >= 4 is 23.2 Å². The van der Waals surface area contributed by atoms with Crippen molar-refractivity contribution in [3.05, 3.63) is 57.6 Å². The Balaban J connectivity index is 2.14. The van der Waals surface area contributed by atoms with Gasteiger partial charge < -0.3 is 4.74 Å². The Kier molecular flexibility index (Phi) is 4.04. The maximum absolute atomic E-state index is 13.7. The molecule has 1 heterocycles. The van der Waals surface area contributed by atoms with Gasteiger partial charge in [0.05, 0.1) is 0 Å². The highest BCUT2D eigenvalue weighted by Gasteiger charge is 2.08. The molecular weight excluding hydrogens is 276 g/mol. The van der Waals surface area contributed by atoms with Crippen LogP contribution in [0, 0.1) is 12.7 Å². The number of hydrogen-bond acceptors (Lipinski definition) is 2. The number of aryl methyl sites for hydroxylation is 1. The smallest absolute Gasteiger partial charge is 0.167 e. The molecule has 94 valence electrons. The van der Waals surface area contributed by atoms with Crippen molar-refractivity contribution in [2.24, 2.45) is 0 Å². The second-order valence-electron chi connectivity index (χ2n) is 3.76. The van der Waals surface area contributed by atoms with Crippen LogP contribution in [0.5, 0.6) is 5.75 Å². The van der Waals surface area contributed by atoms with E-state index in [2.05, 4.69) is 4.98 Å². The Hall–Kier alpha value is -1.32. The first-order valence-corrected chi connectivity index (χ1v) is 6.02. The summed E-state index contributed by atoms with van der Waals surface area (Å²) in [7, 11) is 0. The number of halogens is 3. The van der Waals surface area contributed by atoms with Crippen molar-refractivity contribution in [1.82, 2.24) is 4.98 Å². The molecule has 1 aromatic heterocycles. The predicted octanol–water partition coefficient (Wildman–Crippen LogP) is 4.41. The zero-order valence-electron chi connectivity index (χ0n) is 9.58. The fraction of sp³-hybridized carbons (Fsp3) is 0.154. The fourth-order valence-electron chi connectivity index (χ4n) is 1.44. The van der Waals surface area contributed by atoms with Crippen molar-refractivity contribution in [2.75, 3.05) is 0 Å². The van der Waals surface area contributed by atoms with Crippen molar-refractivity contribution in [3.63, 3.8) is 0 Å². The Morgan fingerprint density at radius 3 is 2.72 bits per heavy atom. The average molecular weight is 286 g/mol. The van der Waals surface area contributed by atoms with E-state index < -0.39 is 0 Å². The summed E-state index contributed by atoms with van der Waals surface area (Å²) < 4.78 is 19.1. The molecule has 0 fully saturated rings. The number of pyridine rings is 1. The summed E-state index contributed by atoms with van der Waals surface area (Å²) in [5, 5.41) is 0.570. The van der Waals surface area contributed by atoms with E-state index in [9.17, 15) is 4.39 Å². The molecule has 0 aliphatic rings. The van der Waals surface area contributed by atoms with E-state index in [1.54, 1.807) is 37.3 Å². The summed E-state index contributed by atoms with van der Waals surface area (Å²) in [5.74, 6) is -0.170. The average Bonchev–Trinajstić information content (AvgIpc) is 2.33. The summed E-state index contributed by atoms with van der Waals surface area (Å²) in [6, 6.07) is 8.29. The number of aromatic nitrogens is 1. The second kappa shape index (κ2) is 5.55. The molecule has 0 spiro atoms. The van der Waals surface area contributed by atoms with Gasteiger partial charge in [-0.2, -0.15) is 0 Å². The third-order valence-electron chi connectivity index (χ3n) is 2.43. The van der Waals surface area contributed by atoms with Crippen molar-refractivity contribution in [1.29, 1.82) is 0 Å². The summed E-state index contributed by atoms with van der Waals surface area (Å²) >= 11 is 11.6. The van der Waals surface area contributed by atoms with Gasteiger partial charge in [0.1, 0.15) is 16.9 Å². The molecule has 18 heavy (non-hydrogen) atoms. The molecule has 0 unspecified atom stereocenters. The maximum Gasteiger partial charge on any atom is 0.167 e. The third kappa shape index (κ3) is 2.92. The van der Waals surface area contributed by atoms with Crippen LogP contribution in [0.2, 0.25) is 10.3 Å². The highest BCUT2D eigenvalue weighted by Crippen LogP contribution is 2.23. The van der Waals surface area contributed by atoms with Crippen LogP contribution in [0.3, 0.4) is 0 Å². The monoisotopic (exact) mass is 285 g/mol. The summed E-state index contributed by atoms with van der Waals surface area (Å²) in [4.78, 5) is 3.88. The van der Waals surface area contributed by atoms with Crippen LogP contribution < -0.4 is 4.74 Å². The van der Waals surface area contributed by atoms with Crippen LogP contribution in [0.15, 0.2) is 30.3 Å². The summed E-state index contributed by atoms with van der Waals surface area (Å²) in [5.41, 5.74) is 1.19. The van der Waals surface area contributed by atoms with Gasteiger partial charge in [-0.25, -0.2) is 9.37 Å². The van der Waals surface area contributed by atoms with Gasteiger partial charge in [-0.05, 0) is 30.7 Å². The van der Waals surface area contributed by atoms with Crippen molar-refractivity contribution in [3.8, 4) is 5.75 Å². The van der Waals surface area contributed by atoms with Gasteiger partial charge in [0.15, 0.2) is 11.6 Å². The van der Waals surface area contributed by atoms with Gasteiger partial charge in [-0.1, -0.05) is 35.3 Å². The van der Waals surface area contributed by atoms with Crippen LogP contribution in [0.1, 0.15) is 11.1 Å². The molecule has 0 atom stereocenters. The second-order valence-corrected chi connectivity index (χ2v) is 4.50. The Bertz CT molecular complexity index is 575. The van der Waals surface area contributed by atoms with Crippen LogP contribution in [0.4, 0.5) is 4.39 Å². The molecule has 0 aliphatic carbocycles. The molecule has 0 radical (unpaired) electrons. The highest BCUT2D eigenvalue weighted by atomic mass is 35.5. The van der Waals surface area contributed by atoms with Gasteiger partial charge in [-0.15, -0.1) is 0 Å². The number of ether oxygens (including phenoxy) is 1. The normalized spacial score (nSPS) is 10.4. The molecule has 1 aromatic carbocycles. The minimum absolute atomic E-state index is 0.142. The van der Waals surface area contributed by atoms with E-state index in [-0.39, 0.29) is 23.3 Å². The van der Waals surface area contributed by atoms with Crippen molar-refractivity contribution < 1.29 is 9.13 Å². The molecule has 0 saturated heterocycles. The molecule has 0 saturated carbocycles. The molecule has 0 N–H and O–H groups in total. The lowest BCUT2D eigenvalue weighted by molar-refractivity contribution is 0.289.